The van der Waals surface area contributed by atoms with Crippen LogP contribution in [0.2, 0.25) is 0 Å². The Morgan fingerprint density at radius 2 is 2.10 bits per heavy atom. The smallest absolute Gasteiger partial charge is 0.237 e. The maximum Gasteiger partial charge on any atom is 0.237 e. The van der Waals surface area contributed by atoms with Crippen LogP contribution in [0, 0.1) is 5.92 Å². The summed E-state index contributed by atoms with van der Waals surface area (Å²) in [5, 5.41) is 15.5. The van der Waals surface area contributed by atoms with Crippen molar-refractivity contribution in [1.29, 1.82) is 0 Å². The van der Waals surface area contributed by atoms with Gasteiger partial charge >= 0.3 is 0 Å². The number of amides is 1. The third-order valence-electron chi connectivity index (χ3n) is 3.76. The van der Waals surface area contributed by atoms with E-state index in [1.165, 1.54) is 0 Å². The van der Waals surface area contributed by atoms with E-state index in [9.17, 15) is 9.90 Å². The number of hydrogen-bond donors (Lipinski definition) is 3. The van der Waals surface area contributed by atoms with Crippen LogP contribution in [0.1, 0.15) is 26.7 Å². The molecule has 1 aliphatic heterocycles. The first-order valence-corrected chi connectivity index (χ1v) is 7.55. The van der Waals surface area contributed by atoms with Crippen molar-refractivity contribution in [2.45, 2.75) is 38.8 Å². The predicted molar refractivity (Wildman–Crippen MR) is 81.5 cm³/mol. The summed E-state index contributed by atoms with van der Waals surface area (Å²) in [5.74, 6) is 0.645. The third-order valence-corrected chi connectivity index (χ3v) is 3.76. The van der Waals surface area contributed by atoms with Gasteiger partial charge < -0.3 is 20.6 Å². The van der Waals surface area contributed by atoms with Gasteiger partial charge in [-0.1, -0.05) is 6.08 Å². The number of likely N-dealkylation sites (tertiary alicyclic amines) is 1. The Labute approximate surface area is 122 Å². The van der Waals surface area contributed by atoms with Crippen molar-refractivity contribution in [3.63, 3.8) is 0 Å². The van der Waals surface area contributed by atoms with E-state index in [0.29, 0.717) is 12.5 Å². The maximum atomic E-state index is 11.7. The fraction of sp³-hybridized carbons (Fsp3) is 0.800. The van der Waals surface area contributed by atoms with Crippen LogP contribution in [0.15, 0.2) is 12.7 Å². The van der Waals surface area contributed by atoms with Crippen molar-refractivity contribution in [3.05, 3.63) is 12.7 Å². The summed E-state index contributed by atoms with van der Waals surface area (Å²) in [4.78, 5) is 14.0. The second-order valence-corrected chi connectivity index (χ2v) is 5.76. The molecule has 0 unspecified atom stereocenters. The molecule has 0 radical (unpaired) electrons. The Morgan fingerprint density at radius 3 is 2.65 bits per heavy atom. The van der Waals surface area contributed by atoms with E-state index in [4.69, 9.17) is 0 Å². The van der Waals surface area contributed by atoms with Gasteiger partial charge in [0.1, 0.15) is 0 Å². The lowest BCUT2D eigenvalue weighted by atomic mass is 9.96. The summed E-state index contributed by atoms with van der Waals surface area (Å²) < 4.78 is 0. The summed E-state index contributed by atoms with van der Waals surface area (Å²) in [6, 6.07) is -0.162. The monoisotopic (exact) mass is 283 g/mol. The van der Waals surface area contributed by atoms with Crippen LogP contribution in [0.25, 0.3) is 0 Å². The molecular formula is C15H29N3O2. The molecule has 0 saturated carbocycles. The number of aliphatic hydroxyl groups excluding tert-OH is 1. The van der Waals surface area contributed by atoms with Crippen molar-refractivity contribution in [2.24, 2.45) is 5.92 Å². The highest BCUT2D eigenvalue weighted by Crippen LogP contribution is 2.16. The quantitative estimate of drug-likeness (QED) is 0.563. The van der Waals surface area contributed by atoms with Crippen LogP contribution >= 0.6 is 0 Å². The second kappa shape index (κ2) is 9.10. The minimum absolute atomic E-state index is 0.0245. The maximum absolute atomic E-state index is 11.7. The molecule has 3 N–H and O–H groups in total. The van der Waals surface area contributed by atoms with Crippen LogP contribution in [0.5, 0.6) is 0 Å². The second-order valence-electron chi connectivity index (χ2n) is 5.76. The molecule has 0 aromatic carbocycles. The topological polar surface area (TPSA) is 64.6 Å². The number of carbonyl (C=O) groups excluding carboxylic acids is 1. The first-order chi connectivity index (χ1) is 9.52. The van der Waals surface area contributed by atoms with Gasteiger partial charge in [0.05, 0.1) is 12.1 Å². The van der Waals surface area contributed by atoms with Gasteiger partial charge in [0.15, 0.2) is 0 Å². The zero-order valence-electron chi connectivity index (χ0n) is 12.8. The fourth-order valence-electron chi connectivity index (χ4n) is 2.51. The molecule has 1 rings (SSSR count). The van der Waals surface area contributed by atoms with Crippen LogP contribution in [-0.4, -0.2) is 60.8 Å². The predicted octanol–water partition coefficient (Wildman–Crippen LogP) is 0.360. The molecule has 1 amide bonds. The van der Waals surface area contributed by atoms with Crippen LogP contribution in [0.3, 0.4) is 0 Å². The number of hydrogen-bond acceptors (Lipinski definition) is 4. The van der Waals surface area contributed by atoms with E-state index in [-0.39, 0.29) is 18.1 Å². The summed E-state index contributed by atoms with van der Waals surface area (Å²) in [6.45, 7) is 11.5. The SMILES string of the molecule is C=CCNC(=O)[C@@H](C)NCC1CCN(C[C@H](C)O)CC1. The Balaban J connectivity index is 2.17. The van der Waals surface area contributed by atoms with Crippen molar-refractivity contribution in [1.82, 2.24) is 15.5 Å². The van der Waals surface area contributed by atoms with Crippen molar-refractivity contribution in [2.75, 3.05) is 32.7 Å². The van der Waals surface area contributed by atoms with E-state index in [1.54, 1.807) is 6.08 Å². The summed E-state index contributed by atoms with van der Waals surface area (Å²) in [7, 11) is 0. The number of nitrogens with zero attached hydrogens (tertiary/aromatic N) is 1. The number of carbonyl (C=O) groups is 1. The van der Waals surface area contributed by atoms with E-state index in [1.807, 2.05) is 13.8 Å². The summed E-state index contributed by atoms with van der Waals surface area (Å²) in [5.41, 5.74) is 0. The lowest BCUT2D eigenvalue weighted by molar-refractivity contribution is -0.122. The highest BCUT2D eigenvalue weighted by molar-refractivity contribution is 5.81. The van der Waals surface area contributed by atoms with Crippen molar-refractivity contribution >= 4 is 5.91 Å². The molecule has 1 aliphatic rings. The van der Waals surface area contributed by atoms with Gasteiger partial charge in [-0.3, -0.25) is 4.79 Å². The molecule has 0 spiro atoms. The number of β-amino-alcohol motifs (C(OH)–C–C–N with tert-alkyl or cyclic N) is 1. The van der Waals surface area contributed by atoms with E-state index in [0.717, 1.165) is 39.0 Å². The van der Waals surface area contributed by atoms with Crippen LogP contribution in [-0.2, 0) is 4.79 Å². The molecule has 0 aromatic rings. The Kier molecular flexibility index (Phi) is 7.80. The van der Waals surface area contributed by atoms with Gasteiger partial charge in [0.25, 0.3) is 0 Å². The van der Waals surface area contributed by atoms with Crippen LogP contribution in [0.4, 0.5) is 0 Å². The highest BCUT2D eigenvalue weighted by atomic mass is 16.3. The molecule has 0 aliphatic carbocycles. The van der Waals surface area contributed by atoms with Gasteiger partial charge in [0.2, 0.25) is 5.91 Å². The minimum atomic E-state index is -0.252. The summed E-state index contributed by atoms with van der Waals surface area (Å²) >= 11 is 0. The lowest BCUT2D eigenvalue weighted by Crippen LogP contribution is -2.46. The van der Waals surface area contributed by atoms with E-state index < -0.39 is 0 Å². The largest absolute Gasteiger partial charge is 0.392 e. The molecule has 5 nitrogen and oxygen atoms in total. The molecule has 1 heterocycles. The van der Waals surface area contributed by atoms with Crippen molar-refractivity contribution < 1.29 is 9.90 Å². The third kappa shape index (κ3) is 6.50. The fourth-order valence-corrected chi connectivity index (χ4v) is 2.51. The van der Waals surface area contributed by atoms with Crippen LogP contribution < -0.4 is 10.6 Å². The van der Waals surface area contributed by atoms with Gasteiger partial charge in [-0.2, -0.15) is 0 Å². The molecule has 0 aromatic heterocycles. The van der Waals surface area contributed by atoms with E-state index in [2.05, 4.69) is 22.1 Å². The molecule has 2 atom stereocenters. The molecule has 20 heavy (non-hydrogen) atoms. The molecule has 1 fully saturated rings. The number of nitrogens with one attached hydrogen (secondary N) is 2. The average molecular weight is 283 g/mol. The highest BCUT2D eigenvalue weighted by Gasteiger charge is 2.21. The van der Waals surface area contributed by atoms with Crippen molar-refractivity contribution in [3.8, 4) is 0 Å². The lowest BCUT2D eigenvalue weighted by Gasteiger charge is -2.33. The number of rotatable bonds is 8. The molecule has 1 saturated heterocycles. The first kappa shape index (κ1) is 17.1. The molecule has 5 heteroatoms. The number of aliphatic hydroxyl groups is 1. The van der Waals surface area contributed by atoms with Gasteiger partial charge in [0, 0.05) is 13.1 Å². The molecular weight excluding hydrogens is 254 g/mol. The van der Waals surface area contributed by atoms with Gasteiger partial charge in [-0.05, 0) is 52.2 Å². The standard InChI is InChI=1S/C15H29N3O2/c1-4-7-16-15(20)13(3)17-10-14-5-8-18(9-6-14)11-12(2)19/h4,12-14,17,19H,1,5-11H2,2-3H3,(H,16,20)/t12-,13+/m0/s1. The molecule has 0 bridgehead atoms. The average Bonchev–Trinajstić information content (AvgIpc) is 2.43. The number of piperidine rings is 1. The molecule has 116 valence electrons. The zero-order valence-corrected chi connectivity index (χ0v) is 12.8. The zero-order chi connectivity index (χ0) is 15.0. The Bertz CT molecular complexity index is 299. The minimum Gasteiger partial charge on any atom is -0.392 e. The normalized spacial score (nSPS) is 20.4. The van der Waals surface area contributed by atoms with E-state index >= 15 is 0 Å². The Hall–Kier alpha value is -0.910. The summed E-state index contributed by atoms with van der Waals surface area (Å²) in [6.07, 6.45) is 3.68. The van der Waals surface area contributed by atoms with Gasteiger partial charge in [-0.25, -0.2) is 0 Å². The van der Waals surface area contributed by atoms with Gasteiger partial charge in [-0.15, -0.1) is 6.58 Å². The Morgan fingerprint density at radius 1 is 1.45 bits per heavy atom. The first-order valence-electron chi connectivity index (χ1n) is 7.55.